The molecule has 1 aliphatic carbocycles. The molecule has 2 heterocycles. The Hall–Kier alpha value is -1.69. The minimum absolute atomic E-state index is 0.174. The van der Waals surface area contributed by atoms with Crippen molar-refractivity contribution in [3.63, 3.8) is 0 Å². The van der Waals surface area contributed by atoms with Gasteiger partial charge in [-0.1, -0.05) is 24.3 Å². The van der Waals surface area contributed by atoms with Gasteiger partial charge in [0.15, 0.2) is 0 Å². The van der Waals surface area contributed by atoms with E-state index in [0.29, 0.717) is 0 Å². The second-order valence-electron chi connectivity index (χ2n) is 7.12. The first kappa shape index (κ1) is 15.8. The van der Waals surface area contributed by atoms with Crippen LogP contribution in [0.2, 0.25) is 0 Å². The maximum Gasteiger partial charge on any atom is 0.122 e. The van der Waals surface area contributed by atoms with Crippen LogP contribution in [0, 0.1) is 0 Å². The Kier molecular flexibility index (Phi) is 3.95. The molecular weight excluding hydrogens is 300 g/mol. The van der Waals surface area contributed by atoms with Crippen LogP contribution in [-0.2, 0) is 18.5 Å². The van der Waals surface area contributed by atoms with Crippen LogP contribution in [-0.4, -0.2) is 38.8 Å². The predicted molar refractivity (Wildman–Crippen MR) is 93.5 cm³/mol. The van der Waals surface area contributed by atoms with E-state index in [1.165, 1.54) is 5.56 Å². The van der Waals surface area contributed by atoms with Gasteiger partial charge in [0.2, 0.25) is 0 Å². The third kappa shape index (κ3) is 2.31. The third-order valence-corrected chi connectivity index (χ3v) is 6.02. The highest BCUT2D eigenvalue weighted by molar-refractivity contribution is 5.45. The highest BCUT2D eigenvalue weighted by atomic mass is 16.3. The summed E-state index contributed by atoms with van der Waals surface area (Å²) < 4.78 is 2.19. The van der Waals surface area contributed by atoms with Crippen LogP contribution in [0.25, 0.3) is 0 Å². The molecule has 128 valence electrons. The van der Waals surface area contributed by atoms with Crippen molar-refractivity contribution in [2.24, 2.45) is 5.73 Å². The van der Waals surface area contributed by atoms with Crippen LogP contribution >= 0.6 is 0 Å². The highest BCUT2D eigenvalue weighted by Crippen LogP contribution is 2.50. The third-order valence-electron chi connectivity index (χ3n) is 6.02. The number of aliphatic hydroxyl groups excluding tert-OH is 1. The van der Waals surface area contributed by atoms with Gasteiger partial charge in [-0.15, -0.1) is 0 Å². The fourth-order valence-electron chi connectivity index (χ4n) is 4.57. The number of aromatic nitrogens is 2. The van der Waals surface area contributed by atoms with Crippen molar-refractivity contribution in [1.29, 1.82) is 0 Å². The van der Waals surface area contributed by atoms with Gasteiger partial charge in [0.05, 0.1) is 18.7 Å². The molecule has 2 aromatic rings. The molecular formula is C19H26N4O. The molecule has 3 N–H and O–H groups in total. The van der Waals surface area contributed by atoms with E-state index >= 15 is 0 Å². The Balaban J connectivity index is 1.52. The SMILES string of the molecule is CCn1ccnc1CN1CCC2(CC1)c1ccccc1[C@@H](N)[C@@H]2O. The van der Waals surface area contributed by atoms with Crippen molar-refractivity contribution in [1.82, 2.24) is 14.5 Å². The number of rotatable bonds is 3. The van der Waals surface area contributed by atoms with Gasteiger partial charge >= 0.3 is 0 Å². The zero-order chi connectivity index (χ0) is 16.7. The molecule has 1 aromatic carbocycles. The quantitative estimate of drug-likeness (QED) is 0.903. The first-order valence-corrected chi connectivity index (χ1v) is 8.91. The molecule has 0 radical (unpaired) electrons. The van der Waals surface area contributed by atoms with E-state index in [1.54, 1.807) is 0 Å². The molecule has 2 aliphatic rings. The Labute approximate surface area is 143 Å². The van der Waals surface area contributed by atoms with E-state index in [4.69, 9.17) is 5.73 Å². The predicted octanol–water partition coefficient (Wildman–Crippen LogP) is 1.81. The summed E-state index contributed by atoms with van der Waals surface area (Å²) in [6.07, 6.45) is 5.34. The van der Waals surface area contributed by atoms with E-state index in [9.17, 15) is 5.11 Å². The summed E-state index contributed by atoms with van der Waals surface area (Å²) in [7, 11) is 0. The summed E-state index contributed by atoms with van der Waals surface area (Å²) in [5.41, 5.74) is 8.52. The Morgan fingerprint density at radius 2 is 2.04 bits per heavy atom. The second kappa shape index (κ2) is 5.99. The number of aryl methyl sites for hydroxylation is 1. The lowest BCUT2D eigenvalue weighted by molar-refractivity contribution is 0.0264. The summed E-state index contributed by atoms with van der Waals surface area (Å²) >= 11 is 0. The van der Waals surface area contributed by atoms with Crippen LogP contribution in [0.1, 0.15) is 42.8 Å². The number of piperidine rings is 1. The Morgan fingerprint density at radius 1 is 1.29 bits per heavy atom. The molecule has 1 aromatic heterocycles. The summed E-state index contributed by atoms with van der Waals surface area (Å²) in [5.74, 6) is 1.12. The van der Waals surface area contributed by atoms with E-state index in [2.05, 4.69) is 39.6 Å². The summed E-state index contributed by atoms with van der Waals surface area (Å²) in [6, 6.07) is 8.06. The topological polar surface area (TPSA) is 67.3 Å². The van der Waals surface area contributed by atoms with E-state index in [0.717, 1.165) is 50.4 Å². The number of hydrogen-bond acceptors (Lipinski definition) is 4. The van der Waals surface area contributed by atoms with Gasteiger partial charge in [0, 0.05) is 24.4 Å². The van der Waals surface area contributed by atoms with Crippen LogP contribution in [0.3, 0.4) is 0 Å². The normalized spacial score (nSPS) is 26.0. The number of likely N-dealkylation sites (tertiary alicyclic amines) is 1. The highest BCUT2D eigenvalue weighted by Gasteiger charge is 2.51. The summed E-state index contributed by atoms with van der Waals surface area (Å²) in [4.78, 5) is 6.93. The van der Waals surface area contributed by atoms with Gasteiger partial charge in [0.25, 0.3) is 0 Å². The second-order valence-corrected chi connectivity index (χ2v) is 7.12. The van der Waals surface area contributed by atoms with Crippen molar-refractivity contribution >= 4 is 0 Å². The number of nitrogens with zero attached hydrogens (tertiary/aromatic N) is 3. The molecule has 4 rings (SSSR count). The largest absolute Gasteiger partial charge is 0.390 e. The van der Waals surface area contributed by atoms with Gasteiger partial charge in [-0.25, -0.2) is 4.98 Å². The monoisotopic (exact) mass is 326 g/mol. The number of benzene rings is 1. The van der Waals surface area contributed by atoms with Gasteiger partial charge < -0.3 is 15.4 Å². The van der Waals surface area contributed by atoms with Gasteiger partial charge in [0.1, 0.15) is 5.82 Å². The molecule has 1 fully saturated rings. The lowest BCUT2D eigenvalue weighted by Crippen LogP contribution is -2.48. The first-order valence-electron chi connectivity index (χ1n) is 8.91. The molecule has 5 heteroatoms. The number of hydrogen-bond donors (Lipinski definition) is 2. The van der Waals surface area contributed by atoms with Crippen molar-refractivity contribution in [3.8, 4) is 0 Å². The lowest BCUT2D eigenvalue weighted by atomic mass is 9.72. The number of fused-ring (bicyclic) bond motifs is 2. The van der Waals surface area contributed by atoms with Crippen LogP contribution in [0.4, 0.5) is 0 Å². The number of nitrogens with two attached hydrogens (primary N) is 1. The van der Waals surface area contributed by atoms with Crippen molar-refractivity contribution in [3.05, 3.63) is 53.6 Å². The summed E-state index contributed by atoms with van der Waals surface area (Å²) in [6.45, 7) is 5.90. The molecule has 0 saturated carbocycles. The summed E-state index contributed by atoms with van der Waals surface area (Å²) in [5, 5.41) is 10.9. The average Bonchev–Trinajstić information content (AvgIpc) is 3.15. The maximum absolute atomic E-state index is 10.9. The smallest absolute Gasteiger partial charge is 0.122 e. The van der Waals surface area contributed by atoms with Crippen LogP contribution in [0.15, 0.2) is 36.7 Å². The minimum Gasteiger partial charge on any atom is -0.390 e. The standard InChI is InChI=1S/C19H26N4O/c1-2-23-12-9-21-16(23)13-22-10-7-19(8-11-22)15-6-4-3-5-14(15)17(20)18(19)24/h3-6,9,12,17-18,24H,2,7-8,10-11,13,20H2,1H3/t17-,18+/m1/s1. The molecule has 1 aliphatic heterocycles. The molecule has 24 heavy (non-hydrogen) atoms. The van der Waals surface area contributed by atoms with Crippen LogP contribution < -0.4 is 5.73 Å². The molecule has 0 bridgehead atoms. The van der Waals surface area contributed by atoms with E-state index in [1.807, 2.05) is 18.5 Å². The molecule has 2 atom stereocenters. The number of imidazole rings is 1. The zero-order valence-electron chi connectivity index (χ0n) is 14.2. The van der Waals surface area contributed by atoms with E-state index in [-0.39, 0.29) is 11.5 Å². The molecule has 1 spiro atoms. The fourth-order valence-corrected chi connectivity index (χ4v) is 4.57. The molecule has 0 unspecified atom stereocenters. The Morgan fingerprint density at radius 3 is 2.79 bits per heavy atom. The van der Waals surface area contributed by atoms with Gasteiger partial charge in [-0.3, -0.25) is 4.90 Å². The average molecular weight is 326 g/mol. The first-order chi connectivity index (χ1) is 11.7. The maximum atomic E-state index is 10.9. The van der Waals surface area contributed by atoms with Gasteiger partial charge in [-0.05, 0) is 44.0 Å². The number of aliphatic hydroxyl groups is 1. The Bertz CT molecular complexity index is 718. The molecule has 0 amide bonds. The van der Waals surface area contributed by atoms with Crippen molar-refractivity contribution in [2.45, 2.75) is 50.4 Å². The van der Waals surface area contributed by atoms with Gasteiger partial charge in [-0.2, -0.15) is 0 Å². The lowest BCUT2D eigenvalue weighted by Gasteiger charge is -2.42. The van der Waals surface area contributed by atoms with Crippen LogP contribution in [0.5, 0.6) is 0 Å². The minimum atomic E-state index is -0.477. The fraction of sp³-hybridized carbons (Fsp3) is 0.526. The molecule has 1 saturated heterocycles. The molecule has 5 nitrogen and oxygen atoms in total. The van der Waals surface area contributed by atoms with E-state index < -0.39 is 6.10 Å². The zero-order valence-corrected chi connectivity index (χ0v) is 14.2. The van der Waals surface area contributed by atoms with Crippen molar-refractivity contribution < 1.29 is 5.11 Å². The van der Waals surface area contributed by atoms with Crippen molar-refractivity contribution in [2.75, 3.05) is 13.1 Å².